The number of carbonyl (C=O) groups is 2. The van der Waals surface area contributed by atoms with Gasteiger partial charge in [-0.3, -0.25) is 9.59 Å². The first-order valence-corrected chi connectivity index (χ1v) is 13.9. The number of carboxylic acid groups (broad SMARTS) is 1. The molecule has 1 saturated carbocycles. The second-order valence-electron chi connectivity index (χ2n) is 10.4. The van der Waals surface area contributed by atoms with Gasteiger partial charge in [-0.1, -0.05) is 18.2 Å². The first-order valence-electron chi connectivity index (χ1n) is 13.0. The molecule has 1 N–H and O–H groups in total. The Hall–Kier alpha value is -3.39. The van der Waals surface area contributed by atoms with Gasteiger partial charge in [0.15, 0.2) is 5.13 Å². The lowest BCUT2D eigenvalue weighted by atomic mass is 10.0. The van der Waals surface area contributed by atoms with Gasteiger partial charge in [0, 0.05) is 42.7 Å². The molecule has 3 aliphatic rings. The molecule has 2 aliphatic heterocycles. The molecule has 1 aromatic heterocycles. The number of hydrogen-bond donors (Lipinski definition) is 1. The Labute approximate surface area is 220 Å². The number of piperidine rings is 2. The second kappa shape index (κ2) is 9.82. The van der Waals surface area contributed by atoms with Crippen LogP contribution in [0, 0.1) is 24.7 Å². The number of amides is 1. The maximum Gasteiger partial charge on any atom is 0.307 e. The number of carbonyl (C=O) groups excluding carboxylic acids is 1. The van der Waals surface area contributed by atoms with Crippen molar-refractivity contribution in [3.8, 4) is 17.0 Å². The first kappa shape index (κ1) is 24.0. The van der Waals surface area contributed by atoms with Crippen LogP contribution in [0.4, 0.5) is 5.13 Å². The summed E-state index contributed by atoms with van der Waals surface area (Å²) in [4.78, 5) is 33.2. The lowest BCUT2D eigenvalue weighted by molar-refractivity contribution is -0.139. The van der Waals surface area contributed by atoms with Crippen LogP contribution in [0.1, 0.15) is 40.7 Å². The van der Waals surface area contributed by atoms with Crippen molar-refractivity contribution < 1.29 is 19.4 Å². The Balaban J connectivity index is 1.12. The molecule has 6 rings (SSSR count). The maximum atomic E-state index is 12.9. The highest BCUT2D eigenvalue weighted by Gasteiger charge is 2.60. The number of carboxylic acids is 1. The Morgan fingerprint density at radius 3 is 2.57 bits per heavy atom. The Morgan fingerprint density at radius 2 is 1.84 bits per heavy atom. The van der Waals surface area contributed by atoms with Crippen molar-refractivity contribution in [1.82, 2.24) is 9.88 Å². The lowest BCUT2D eigenvalue weighted by Crippen LogP contribution is -2.35. The average molecular weight is 518 g/mol. The minimum atomic E-state index is -0.668. The van der Waals surface area contributed by atoms with Crippen LogP contribution in [-0.4, -0.2) is 53.0 Å². The standard InChI is InChI=1S/C29H31N3O4S/c1-18-13-19(27(33)31-11-5-2-6-12-31)9-10-20(18)16-36-25-8-4-3-7-21(25)24-17-37-29(30-24)32-14-22-23(15-32)26(22)28(34)35/h3-4,7-10,13,17,22-23,26H,2,5-6,11-12,14-16H2,1H3,(H,34,35). The predicted octanol–water partition coefficient (Wildman–Crippen LogP) is 5.09. The van der Waals surface area contributed by atoms with Gasteiger partial charge in [-0.15, -0.1) is 11.3 Å². The molecule has 2 aromatic carbocycles. The molecule has 7 nitrogen and oxygen atoms in total. The van der Waals surface area contributed by atoms with Crippen LogP contribution >= 0.6 is 11.3 Å². The van der Waals surface area contributed by atoms with Gasteiger partial charge >= 0.3 is 5.97 Å². The number of benzene rings is 2. The molecule has 2 atom stereocenters. The van der Waals surface area contributed by atoms with Gasteiger partial charge in [0.25, 0.3) is 5.91 Å². The van der Waals surface area contributed by atoms with Gasteiger partial charge in [-0.25, -0.2) is 4.98 Å². The smallest absolute Gasteiger partial charge is 0.307 e. The molecular formula is C29H31N3O4S. The third-order valence-electron chi connectivity index (χ3n) is 8.02. The van der Waals surface area contributed by atoms with Crippen LogP contribution in [-0.2, 0) is 11.4 Å². The van der Waals surface area contributed by atoms with Crippen LogP contribution in [0.3, 0.4) is 0 Å². The van der Waals surface area contributed by atoms with Gasteiger partial charge in [0.05, 0.1) is 11.6 Å². The normalized spacial score (nSPS) is 22.6. The third-order valence-corrected chi connectivity index (χ3v) is 8.92. The molecule has 1 aliphatic carbocycles. The molecule has 2 unspecified atom stereocenters. The number of fused-ring (bicyclic) bond motifs is 1. The zero-order valence-corrected chi connectivity index (χ0v) is 21.7. The van der Waals surface area contributed by atoms with E-state index in [-0.39, 0.29) is 23.7 Å². The molecule has 0 bridgehead atoms. The predicted molar refractivity (Wildman–Crippen MR) is 143 cm³/mol. The fourth-order valence-electron chi connectivity index (χ4n) is 5.81. The third kappa shape index (κ3) is 4.70. The Kier molecular flexibility index (Phi) is 6.36. The number of ether oxygens (including phenoxy) is 1. The summed E-state index contributed by atoms with van der Waals surface area (Å²) >= 11 is 1.59. The van der Waals surface area contributed by atoms with Crippen LogP contribution in [0.25, 0.3) is 11.3 Å². The molecule has 0 spiro atoms. The molecule has 1 amide bonds. The average Bonchev–Trinajstić information content (AvgIpc) is 3.24. The van der Waals surface area contributed by atoms with E-state index in [2.05, 4.69) is 4.90 Å². The molecule has 192 valence electrons. The van der Waals surface area contributed by atoms with Crippen molar-refractivity contribution in [2.24, 2.45) is 17.8 Å². The Morgan fingerprint density at radius 1 is 1.08 bits per heavy atom. The zero-order valence-electron chi connectivity index (χ0n) is 20.9. The van der Waals surface area contributed by atoms with Crippen LogP contribution in [0.15, 0.2) is 47.8 Å². The van der Waals surface area contributed by atoms with Crippen LogP contribution in [0.2, 0.25) is 0 Å². The number of anilines is 1. The van der Waals surface area contributed by atoms with E-state index in [4.69, 9.17) is 9.72 Å². The van der Waals surface area contributed by atoms with Crippen molar-refractivity contribution in [2.45, 2.75) is 32.8 Å². The monoisotopic (exact) mass is 517 g/mol. The summed E-state index contributed by atoms with van der Waals surface area (Å²) in [7, 11) is 0. The van der Waals surface area contributed by atoms with E-state index in [1.54, 1.807) is 11.3 Å². The molecule has 3 fully saturated rings. The van der Waals surface area contributed by atoms with Gasteiger partial charge in [0.1, 0.15) is 12.4 Å². The number of para-hydroxylation sites is 1. The molecular weight excluding hydrogens is 486 g/mol. The molecule has 2 saturated heterocycles. The fraction of sp³-hybridized carbons (Fsp3) is 0.414. The highest BCUT2D eigenvalue weighted by molar-refractivity contribution is 7.14. The quantitative estimate of drug-likeness (QED) is 0.470. The summed E-state index contributed by atoms with van der Waals surface area (Å²) in [5, 5.41) is 12.3. The summed E-state index contributed by atoms with van der Waals surface area (Å²) in [5.74, 6) is 0.552. The van der Waals surface area contributed by atoms with Crippen molar-refractivity contribution in [2.75, 3.05) is 31.1 Å². The van der Waals surface area contributed by atoms with Crippen LogP contribution in [0.5, 0.6) is 5.75 Å². The van der Waals surface area contributed by atoms with Gasteiger partial charge < -0.3 is 19.6 Å². The molecule has 3 heterocycles. The SMILES string of the molecule is Cc1cc(C(=O)N2CCCCC2)ccc1COc1ccccc1-c1csc(N2CC3C(C2)C3C(=O)O)n1. The van der Waals surface area contributed by atoms with Crippen molar-refractivity contribution in [3.63, 3.8) is 0 Å². The topological polar surface area (TPSA) is 83.0 Å². The van der Waals surface area contributed by atoms with E-state index >= 15 is 0 Å². The fourth-order valence-corrected chi connectivity index (χ4v) is 6.66. The molecule has 3 aromatic rings. The number of aliphatic carboxylic acids is 1. The number of thiazole rings is 1. The van der Waals surface area contributed by atoms with E-state index < -0.39 is 5.97 Å². The molecule has 37 heavy (non-hydrogen) atoms. The summed E-state index contributed by atoms with van der Waals surface area (Å²) < 4.78 is 6.26. The maximum absolute atomic E-state index is 12.9. The largest absolute Gasteiger partial charge is 0.488 e. The minimum absolute atomic E-state index is 0.119. The number of rotatable bonds is 7. The second-order valence-corrected chi connectivity index (χ2v) is 11.2. The van der Waals surface area contributed by atoms with E-state index in [0.717, 1.165) is 77.8 Å². The summed E-state index contributed by atoms with van der Waals surface area (Å²) in [6, 6.07) is 13.8. The summed E-state index contributed by atoms with van der Waals surface area (Å²) in [6.45, 7) is 5.66. The molecule has 0 radical (unpaired) electrons. The van der Waals surface area contributed by atoms with E-state index in [1.165, 1.54) is 6.42 Å². The minimum Gasteiger partial charge on any atom is -0.488 e. The molecule has 8 heteroatoms. The van der Waals surface area contributed by atoms with Gasteiger partial charge in [0.2, 0.25) is 0 Å². The highest BCUT2D eigenvalue weighted by atomic mass is 32.1. The van der Waals surface area contributed by atoms with E-state index in [0.29, 0.717) is 6.61 Å². The Bertz CT molecular complexity index is 1320. The van der Waals surface area contributed by atoms with Crippen LogP contribution < -0.4 is 9.64 Å². The van der Waals surface area contributed by atoms with Gasteiger partial charge in [-0.05, 0) is 73.4 Å². The van der Waals surface area contributed by atoms with Gasteiger partial charge in [-0.2, -0.15) is 0 Å². The number of hydrogen-bond acceptors (Lipinski definition) is 6. The van der Waals surface area contributed by atoms with Crippen molar-refractivity contribution in [1.29, 1.82) is 0 Å². The van der Waals surface area contributed by atoms with E-state index in [9.17, 15) is 14.7 Å². The van der Waals surface area contributed by atoms with Crippen molar-refractivity contribution in [3.05, 3.63) is 64.5 Å². The zero-order chi connectivity index (χ0) is 25.5. The first-order chi connectivity index (χ1) is 18.0. The lowest BCUT2D eigenvalue weighted by Gasteiger charge is -2.27. The number of aryl methyl sites for hydroxylation is 1. The highest BCUT2D eigenvalue weighted by Crippen LogP contribution is 2.53. The van der Waals surface area contributed by atoms with E-state index in [1.807, 2.05) is 59.7 Å². The summed E-state index contributed by atoms with van der Waals surface area (Å²) in [6.07, 6.45) is 3.37. The number of aromatic nitrogens is 1. The number of nitrogens with zero attached hydrogens (tertiary/aromatic N) is 3. The number of likely N-dealkylation sites (tertiary alicyclic amines) is 1. The summed E-state index contributed by atoms with van der Waals surface area (Å²) in [5.41, 5.74) is 4.64. The van der Waals surface area contributed by atoms with Crippen molar-refractivity contribution >= 4 is 28.3 Å².